The molecule has 0 radical (unpaired) electrons. The van der Waals surface area contributed by atoms with E-state index in [-0.39, 0.29) is 17.0 Å². The van der Waals surface area contributed by atoms with Gasteiger partial charge in [0.05, 0.1) is 30.6 Å². The van der Waals surface area contributed by atoms with E-state index < -0.39 is 4.92 Å². The van der Waals surface area contributed by atoms with E-state index in [1.165, 1.54) is 12.1 Å². The number of hydrogen-bond donors (Lipinski definition) is 0. The second-order valence-corrected chi connectivity index (χ2v) is 6.80. The predicted octanol–water partition coefficient (Wildman–Crippen LogP) is 3.48. The highest BCUT2D eigenvalue weighted by atomic mass is 32.1. The van der Waals surface area contributed by atoms with Crippen LogP contribution in [0.25, 0.3) is 0 Å². The van der Waals surface area contributed by atoms with Crippen molar-refractivity contribution in [3.05, 3.63) is 50.9 Å². The van der Waals surface area contributed by atoms with E-state index in [0.717, 1.165) is 29.7 Å². The number of hydrogen-bond acceptors (Lipinski definition) is 6. The molecule has 0 bridgehead atoms. The van der Waals surface area contributed by atoms with Gasteiger partial charge in [-0.1, -0.05) is 11.3 Å². The van der Waals surface area contributed by atoms with Crippen molar-refractivity contribution in [3.8, 4) is 11.5 Å². The van der Waals surface area contributed by atoms with Gasteiger partial charge in [0.25, 0.3) is 5.91 Å². The molecule has 7 nitrogen and oxygen atoms in total. The summed E-state index contributed by atoms with van der Waals surface area (Å²) in [5, 5.41) is 10.8. The number of carbonyl (C=O) groups is 1. The Morgan fingerprint density at radius 3 is 2.60 bits per heavy atom. The quantitative estimate of drug-likeness (QED) is 0.556. The molecule has 25 heavy (non-hydrogen) atoms. The highest BCUT2D eigenvalue weighted by Crippen LogP contribution is 2.34. The largest absolute Gasteiger partial charge is 0.497 e. The summed E-state index contributed by atoms with van der Waals surface area (Å²) in [6.07, 6.45) is 1.87. The lowest BCUT2D eigenvalue weighted by Gasteiger charge is -2.23. The molecule has 1 aromatic carbocycles. The average Bonchev–Trinajstić information content (AvgIpc) is 3.33. The fraction of sp³-hybridized carbons (Fsp3) is 0.353. The van der Waals surface area contributed by atoms with Crippen LogP contribution >= 0.6 is 11.3 Å². The van der Waals surface area contributed by atoms with Crippen molar-refractivity contribution in [2.75, 3.05) is 14.2 Å². The van der Waals surface area contributed by atoms with Crippen LogP contribution in [0.1, 0.15) is 28.1 Å². The summed E-state index contributed by atoms with van der Waals surface area (Å²) in [6.45, 7) is 0.371. The Balaban J connectivity index is 1.86. The Kier molecular flexibility index (Phi) is 4.89. The van der Waals surface area contributed by atoms with E-state index in [9.17, 15) is 14.9 Å². The maximum absolute atomic E-state index is 12.9. The van der Waals surface area contributed by atoms with Crippen LogP contribution in [-0.2, 0) is 6.54 Å². The maximum Gasteiger partial charge on any atom is 0.324 e. The van der Waals surface area contributed by atoms with Gasteiger partial charge in [-0.05, 0) is 37.1 Å². The van der Waals surface area contributed by atoms with Gasteiger partial charge in [-0.25, -0.2) is 0 Å². The van der Waals surface area contributed by atoms with E-state index in [1.807, 2.05) is 6.07 Å². The molecule has 0 spiro atoms. The number of ether oxygens (including phenoxy) is 2. The number of methoxy groups -OCH3 is 2. The van der Waals surface area contributed by atoms with E-state index in [4.69, 9.17) is 9.47 Å². The minimum absolute atomic E-state index is 0.0296. The van der Waals surface area contributed by atoms with Crippen molar-refractivity contribution >= 4 is 22.2 Å². The average molecular weight is 362 g/mol. The number of nitrogens with zero attached hydrogens (tertiary/aromatic N) is 2. The van der Waals surface area contributed by atoms with Crippen LogP contribution in [-0.4, -0.2) is 36.0 Å². The Morgan fingerprint density at radius 1 is 1.28 bits per heavy atom. The minimum Gasteiger partial charge on any atom is -0.497 e. The first-order valence-corrected chi connectivity index (χ1v) is 8.61. The highest BCUT2D eigenvalue weighted by molar-refractivity contribution is 7.17. The first-order valence-electron chi connectivity index (χ1n) is 7.79. The molecule has 1 amide bonds. The minimum atomic E-state index is -0.478. The summed E-state index contributed by atoms with van der Waals surface area (Å²) < 4.78 is 10.6. The molecule has 0 atom stereocenters. The van der Waals surface area contributed by atoms with Crippen molar-refractivity contribution < 1.29 is 19.2 Å². The molecule has 132 valence electrons. The van der Waals surface area contributed by atoms with Gasteiger partial charge in [0, 0.05) is 17.7 Å². The summed E-state index contributed by atoms with van der Waals surface area (Å²) in [5.41, 5.74) is 0.841. The van der Waals surface area contributed by atoms with Crippen molar-refractivity contribution in [1.29, 1.82) is 0 Å². The summed E-state index contributed by atoms with van der Waals surface area (Å²) in [7, 11) is 3.16. The summed E-state index contributed by atoms with van der Waals surface area (Å²) in [5.74, 6) is 1.17. The zero-order chi connectivity index (χ0) is 18.0. The first kappa shape index (κ1) is 17.2. The summed E-state index contributed by atoms with van der Waals surface area (Å²) in [6, 6.07) is 8.50. The van der Waals surface area contributed by atoms with Crippen LogP contribution < -0.4 is 9.47 Å². The second-order valence-electron chi connectivity index (χ2n) is 5.74. The van der Waals surface area contributed by atoms with Crippen LogP contribution in [0.4, 0.5) is 5.00 Å². The highest BCUT2D eigenvalue weighted by Gasteiger charge is 2.34. The molecule has 0 aliphatic heterocycles. The molecule has 3 rings (SSSR count). The van der Waals surface area contributed by atoms with Crippen molar-refractivity contribution in [3.63, 3.8) is 0 Å². The smallest absolute Gasteiger partial charge is 0.324 e. The molecular formula is C17H18N2O5S. The second kappa shape index (κ2) is 7.10. The van der Waals surface area contributed by atoms with Crippen molar-refractivity contribution in [2.24, 2.45) is 0 Å². The third-order valence-corrected chi connectivity index (χ3v) is 5.08. The molecule has 0 N–H and O–H groups in total. The van der Waals surface area contributed by atoms with E-state index in [2.05, 4.69) is 0 Å². The molecular weight excluding hydrogens is 344 g/mol. The van der Waals surface area contributed by atoms with Crippen molar-refractivity contribution in [1.82, 2.24) is 4.90 Å². The summed E-state index contributed by atoms with van der Waals surface area (Å²) >= 11 is 0.905. The molecule has 8 heteroatoms. The molecule has 1 aliphatic rings. The molecule has 2 aromatic rings. The Hall–Kier alpha value is -2.61. The number of amides is 1. The number of thiophene rings is 1. The van der Waals surface area contributed by atoms with Gasteiger partial charge < -0.3 is 14.4 Å². The maximum atomic E-state index is 12.9. The van der Waals surface area contributed by atoms with Gasteiger partial charge in [0.15, 0.2) is 0 Å². The van der Waals surface area contributed by atoms with Gasteiger partial charge >= 0.3 is 5.00 Å². The van der Waals surface area contributed by atoms with E-state index in [1.54, 1.807) is 31.3 Å². The van der Waals surface area contributed by atoms with Crippen molar-refractivity contribution in [2.45, 2.75) is 25.4 Å². The summed E-state index contributed by atoms with van der Waals surface area (Å²) in [4.78, 5) is 25.4. The monoisotopic (exact) mass is 362 g/mol. The van der Waals surface area contributed by atoms with Crippen LogP contribution in [0, 0.1) is 10.1 Å². The molecule has 1 aromatic heterocycles. The number of benzene rings is 1. The third kappa shape index (κ3) is 3.74. The number of nitro groups is 1. The molecule has 1 fully saturated rings. The van der Waals surface area contributed by atoms with Crippen LogP contribution in [0.5, 0.6) is 11.5 Å². The van der Waals surface area contributed by atoms with Gasteiger partial charge in [-0.15, -0.1) is 0 Å². The molecule has 1 aliphatic carbocycles. The predicted molar refractivity (Wildman–Crippen MR) is 93.4 cm³/mol. The van der Waals surface area contributed by atoms with Crippen LogP contribution in [0.2, 0.25) is 0 Å². The molecule has 0 unspecified atom stereocenters. The topological polar surface area (TPSA) is 81.9 Å². The normalized spacial score (nSPS) is 13.4. The fourth-order valence-corrected chi connectivity index (χ4v) is 3.40. The van der Waals surface area contributed by atoms with Gasteiger partial charge in [0.1, 0.15) is 11.5 Å². The van der Waals surface area contributed by atoms with Crippen LogP contribution in [0.15, 0.2) is 30.3 Å². The van der Waals surface area contributed by atoms with Crippen LogP contribution in [0.3, 0.4) is 0 Å². The number of carbonyl (C=O) groups excluding carboxylic acids is 1. The number of rotatable bonds is 7. The van der Waals surface area contributed by atoms with Gasteiger partial charge in [0.2, 0.25) is 0 Å². The Morgan fingerprint density at radius 2 is 2.04 bits per heavy atom. The lowest BCUT2D eigenvalue weighted by Crippen LogP contribution is -2.32. The zero-order valence-corrected chi connectivity index (χ0v) is 14.7. The SMILES string of the molecule is COc1ccc(OC)c(CN(C(=O)c2ccc([N+](=O)[O-])s2)C2CC2)c1. The fourth-order valence-electron chi connectivity index (χ4n) is 2.62. The van der Waals surface area contributed by atoms with Gasteiger partial charge in [-0.2, -0.15) is 0 Å². The third-order valence-electron chi connectivity index (χ3n) is 4.06. The van der Waals surface area contributed by atoms with Gasteiger partial charge in [-0.3, -0.25) is 14.9 Å². The molecule has 1 heterocycles. The Bertz CT molecular complexity index is 800. The standard InChI is InChI=1S/C17H18N2O5S/c1-23-13-5-6-14(24-2)11(9-13)10-18(12-3-4-12)17(20)15-7-8-16(25-15)19(21)22/h5-9,12H,3-4,10H2,1-2H3. The lowest BCUT2D eigenvalue weighted by molar-refractivity contribution is -0.380. The lowest BCUT2D eigenvalue weighted by atomic mass is 10.1. The zero-order valence-electron chi connectivity index (χ0n) is 13.9. The molecule has 0 saturated heterocycles. The van der Waals surface area contributed by atoms with E-state index in [0.29, 0.717) is 22.9 Å². The molecule has 1 saturated carbocycles. The Labute approximate surface area is 148 Å². The van der Waals surface area contributed by atoms with E-state index >= 15 is 0 Å². The first-order chi connectivity index (χ1) is 12.0.